The molecule has 1 spiro atoms. The second-order valence-corrected chi connectivity index (χ2v) is 14.5. The van der Waals surface area contributed by atoms with Gasteiger partial charge in [0.25, 0.3) is 0 Å². The summed E-state index contributed by atoms with van der Waals surface area (Å²) in [6.07, 6.45) is 4.34. The summed E-state index contributed by atoms with van der Waals surface area (Å²) in [5.74, 6) is 0. The first kappa shape index (κ1) is 31.4. The molecule has 0 saturated carbocycles. The zero-order valence-corrected chi connectivity index (χ0v) is 29.7. The molecule has 10 rings (SSSR count). The van der Waals surface area contributed by atoms with Gasteiger partial charge in [-0.15, -0.1) is 0 Å². The van der Waals surface area contributed by atoms with Crippen molar-refractivity contribution in [2.45, 2.75) is 31.1 Å². The SMILES string of the molecule is c1ccc(N(c2ccccc2)c2cccc3c2[C@@]2(CC3)CCc3cccc(N(c4ccccc4)c4ccc(-c5ccc6ccccc6c5)cc4)c32)cc1. The first-order valence-electron chi connectivity index (χ1n) is 18.9. The monoisotopic (exact) mass is 680 g/mol. The number of hydrogen-bond acceptors (Lipinski definition) is 2. The molecular weight excluding hydrogens is 641 g/mol. The summed E-state index contributed by atoms with van der Waals surface area (Å²) in [7, 11) is 0. The topological polar surface area (TPSA) is 6.48 Å². The van der Waals surface area contributed by atoms with Crippen molar-refractivity contribution in [3.8, 4) is 11.1 Å². The smallest absolute Gasteiger partial charge is 0.0505 e. The highest BCUT2D eigenvalue weighted by Crippen LogP contribution is 2.59. The van der Waals surface area contributed by atoms with Crippen LogP contribution in [0.3, 0.4) is 0 Å². The van der Waals surface area contributed by atoms with E-state index in [1.807, 2.05) is 0 Å². The summed E-state index contributed by atoms with van der Waals surface area (Å²) < 4.78 is 0. The van der Waals surface area contributed by atoms with Crippen LogP contribution in [0.2, 0.25) is 0 Å². The Balaban J connectivity index is 1.14. The van der Waals surface area contributed by atoms with Crippen molar-refractivity contribution >= 4 is 44.9 Å². The van der Waals surface area contributed by atoms with Gasteiger partial charge >= 0.3 is 0 Å². The first-order chi connectivity index (χ1) is 26.3. The van der Waals surface area contributed by atoms with Crippen LogP contribution in [0.25, 0.3) is 21.9 Å². The lowest BCUT2D eigenvalue weighted by Crippen LogP contribution is -2.27. The fraction of sp³-hybridized carbons (Fsp3) is 0.0980. The molecule has 0 amide bonds. The third kappa shape index (κ3) is 5.33. The molecule has 0 bridgehead atoms. The van der Waals surface area contributed by atoms with Crippen molar-refractivity contribution in [3.05, 3.63) is 216 Å². The molecule has 0 radical (unpaired) electrons. The average Bonchev–Trinajstić information content (AvgIpc) is 3.81. The Bertz CT molecular complexity index is 2520. The van der Waals surface area contributed by atoms with E-state index in [1.165, 1.54) is 72.6 Å². The predicted molar refractivity (Wildman–Crippen MR) is 223 cm³/mol. The normalized spacial score (nSPS) is 15.7. The average molecular weight is 681 g/mol. The highest BCUT2D eigenvalue weighted by Gasteiger charge is 2.49. The first-order valence-corrected chi connectivity index (χ1v) is 18.9. The lowest BCUT2D eigenvalue weighted by atomic mass is 9.74. The Labute approximate surface area is 312 Å². The van der Waals surface area contributed by atoms with Crippen LogP contribution in [0.4, 0.5) is 34.1 Å². The van der Waals surface area contributed by atoms with Crippen molar-refractivity contribution in [2.75, 3.05) is 9.80 Å². The fourth-order valence-corrected chi connectivity index (χ4v) is 9.27. The number of para-hydroxylation sites is 3. The molecule has 1 atom stereocenters. The number of nitrogens with zero attached hydrogens (tertiary/aromatic N) is 2. The van der Waals surface area contributed by atoms with Crippen LogP contribution in [0.5, 0.6) is 0 Å². The summed E-state index contributed by atoms with van der Waals surface area (Å²) in [6.45, 7) is 0. The van der Waals surface area contributed by atoms with Gasteiger partial charge in [0, 0.05) is 28.2 Å². The third-order valence-corrected chi connectivity index (χ3v) is 11.6. The predicted octanol–water partition coefficient (Wildman–Crippen LogP) is 13.6. The van der Waals surface area contributed by atoms with Gasteiger partial charge in [-0.25, -0.2) is 0 Å². The molecule has 0 aliphatic heterocycles. The Morgan fingerprint density at radius 2 is 0.774 bits per heavy atom. The van der Waals surface area contributed by atoms with E-state index < -0.39 is 0 Å². The molecule has 0 aromatic heterocycles. The Morgan fingerprint density at radius 1 is 0.340 bits per heavy atom. The molecule has 254 valence electrons. The summed E-state index contributed by atoms with van der Waals surface area (Å²) in [6, 6.07) is 71.2. The maximum atomic E-state index is 2.50. The van der Waals surface area contributed by atoms with Crippen LogP contribution in [-0.2, 0) is 18.3 Å². The number of benzene rings is 8. The van der Waals surface area contributed by atoms with E-state index in [4.69, 9.17) is 0 Å². The van der Waals surface area contributed by atoms with Gasteiger partial charge in [0.05, 0.1) is 11.4 Å². The standard InChI is InChI=1S/C51H40N2/c1-4-18-43(19-5-1)52(44-20-6-2-7-21-44)47-24-12-16-39-32-34-51(49(39)47)35-33-40-17-13-25-48(50(40)51)53(45-22-8-3-9-23-45)46-30-28-38(29-31-46)42-27-26-37-14-10-11-15-41(37)36-42/h1-31,36H,32-35H2/t51-/m1/s1. The van der Waals surface area contributed by atoms with Gasteiger partial charge in [-0.05, 0) is 137 Å². The van der Waals surface area contributed by atoms with E-state index in [9.17, 15) is 0 Å². The third-order valence-electron chi connectivity index (χ3n) is 11.6. The van der Waals surface area contributed by atoms with Crippen LogP contribution in [0, 0.1) is 0 Å². The Kier molecular flexibility index (Phi) is 7.69. The van der Waals surface area contributed by atoms with Gasteiger partial charge in [0.2, 0.25) is 0 Å². The second-order valence-electron chi connectivity index (χ2n) is 14.5. The van der Waals surface area contributed by atoms with Gasteiger partial charge in [-0.3, -0.25) is 0 Å². The maximum Gasteiger partial charge on any atom is 0.0505 e. The van der Waals surface area contributed by atoms with Crippen LogP contribution < -0.4 is 9.80 Å². The number of anilines is 6. The number of rotatable bonds is 7. The second kappa shape index (κ2) is 13.0. The number of aryl methyl sites for hydroxylation is 2. The molecular formula is C51H40N2. The van der Waals surface area contributed by atoms with Crippen molar-refractivity contribution in [2.24, 2.45) is 0 Å². The minimum Gasteiger partial charge on any atom is -0.310 e. The van der Waals surface area contributed by atoms with E-state index in [-0.39, 0.29) is 5.41 Å². The highest BCUT2D eigenvalue weighted by molar-refractivity contribution is 5.89. The van der Waals surface area contributed by atoms with Crippen LogP contribution >= 0.6 is 0 Å². The van der Waals surface area contributed by atoms with Crippen molar-refractivity contribution in [1.82, 2.24) is 0 Å². The van der Waals surface area contributed by atoms with E-state index in [0.29, 0.717) is 0 Å². The van der Waals surface area contributed by atoms with Gasteiger partial charge in [0.15, 0.2) is 0 Å². The molecule has 0 N–H and O–H groups in total. The molecule has 0 fully saturated rings. The fourth-order valence-electron chi connectivity index (χ4n) is 9.27. The van der Waals surface area contributed by atoms with Gasteiger partial charge in [0.1, 0.15) is 0 Å². The summed E-state index contributed by atoms with van der Waals surface area (Å²) in [5.41, 5.74) is 15.5. The number of fused-ring (bicyclic) bond motifs is 5. The largest absolute Gasteiger partial charge is 0.310 e. The zero-order valence-electron chi connectivity index (χ0n) is 29.7. The molecule has 0 heterocycles. The van der Waals surface area contributed by atoms with E-state index in [2.05, 4.69) is 204 Å². The Morgan fingerprint density at radius 3 is 1.28 bits per heavy atom. The van der Waals surface area contributed by atoms with Gasteiger partial charge < -0.3 is 9.80 Å². The van der Waals surface area contributed by atoms with Crippen molar-refractivity contribution < 1.29 is 0 Å². The molecule has 0 unspecified atom stereocenters. The van der Waals surface area contributed by atoms with Crippen molar-refractivity contribution in [3.63, 3.8) is 0 Å². The molecule has 8 aromatic carbocycles. The lowest BCUT2D eigenvalue weighted by Gasteiger charge is -2.37. The summed E-state index contributed by atoms with van der Waals surface area (Å²) in [5, 5.41) is 2.53. The van der Waals surface area contributed by atoms with Crippen LogP contribution in [0.15, 0.2) is 194 Å². The number of hydrogen-bond donors (Lipinski definition) is 0. The van der Waals surface area contributed by atoms with Crippen LogP contribution in [0.1, 0.15) is 35.1 Å². The molecule has 8 aromatic rings. The van der Waals surface area contributed by atoms with E-state index in [1.54, 1.807) is 0 Å². The quantitative estimate of drug-likeness (QED) is 0.165. The molecule has 2 aliphatic rings. The van der Waals surface area contributed by atoms with Gasteiger partial charge in [-0.1, -0.05) is 127 Å². The molecule has 2 aliphatic carbocycles. The molecule has 2 heteroatoms. The molecule has 53 heavy (non-hydrogen) atoms. The Hall–Kier alpha value is -6.38. The van der Waals surface area contributed by atoms with Gasteiger partial charge in [-0.2, -0.15) is 0 Å². The highest BCUT2D eigenvalue weighted by atomic mass is 15.2. The maximum absolute atomic E-state index is 2.50. The van der Waals surface area contributed by atoms with Crippen molar-refractivity contribution in [1.29, 1.82) is 0 Å². The summed E-state index contributed by atoms with van der Waals surface area (Å²) >= 11 is 0. The minimum atomic E-state index is -0.113. The van der Waals surface area contributed by atoms with E-state index >= 15 is 0 Å². The lowest BCUT2D eigenvalue weighted by molar-refractivity contribution is 0.508. The minimum absolute atomic E-state index is 0.113. The van der Waals surface area contributed by atoms with Crippen LogP contribution in [-0.4, -0.2) is 0 Å². The molecule has 2 nitrogen and oxygen atoms in total. The summed E-state index contributed by atoms with van der Waals surface area (Å²) in [4.78, 5) is 4.98. The van der Waals surface area contributed by atoms with E-state index in [0.717, 1.165) is 31.4 Å². The molecule has 0 saturated heterocycles. The zero-order chi connectivity index (χ0) is 35.2.